The van der Waals surface area contributed by atoms with E-state index in [-0.39, 0.29) is 0 Å². The normalized spacial score (nSPS) is 39.6. The number of carbonyl (C=O) groups excluding carboxylic acids is 1. The molecule has 3 atom stereocenters. The third kappa shape index (κ3) is 1.66. The van der Waals surface area contributed by atoms with Gasteiger partial charge in [-0.25, -0.2) is 0 Å². The minimum atomic E-state index is 0.404. The second-order valence-corrected chi connectivity index (χ2v) is 6.00. The zero-order valence-electron chi connectivity index (χ0n) is 8.97. The standard InChI is InChI=1S/C12H20O/c1-12(2,3)10-5-8-4-9(7-10)11(13)6-8/h8-10H,4-7H2,1-3H3/t8-,9+,10+/m0/s1. The van der Waals surface area contributed by atoms with Gasteiger partial charge in [-0.15, -0.1) is 0 Å². The molecule has 2 rings (SSSR count). The van der Waals surface area contributed by atoms with E-state index in [1.54, 1.807) is 0 Å². The Bertz CT molecular complexity index is 224. The van der Waals surface area contributed by atoms with Gasteiger partial charge in [-0.2, -0.15) is 0 Å². The Kier molecular flexibility index (Phi) is 2.01. The predicted molar refractivity (Wildman–Crippen MR) is 53.4 cm³/mol. The largest absolute Gasteiger partial charge is 0.299 e. The molecule has 0 N–H and O–H groups in total. The molecular formula is C12H20O. The van der Waals surface area contributed by atoms with Crippen LogP contribution in [0.4, 0.5) is 0 Å². The average Bonchev–Trinajstić information content (AvgIpc) is 2.24. The van der Waals surface area contributed by atoms with Crippen LogP contribution in [-0.2, 0) is 4.79 Å². The SMILES string of the molecule is CC(C)(C)[C@@H]1C[C@H]2CC(=O)[C@H](C2)C1. The Morgan fingerprint density at radius 1 is 1.15 bits per heavy atom. The molecule has 0 spiro atoms. The van der Waals surface area contributed by atoms with Crippen LogP contribution >= 0.6 is 0 Å². The van der Waals surface area contributed by atoms with Crippen LogP contribution in [0.2, 0.25) is 0 Å². The van der Waals surface area contributed by atoms with Gasteiger partial charge >= 0.3 is 0 Å². The predicted octanol–water partition coefficient (Wildman–Crippen LogP) is 3.04. The third-order valence-electron chi connectivity index (χ3n) is 3.97. The molecule has 2 aliphatic rings. The first-order valence-corrected chi connectivity index (χ1v) is 5.49. The van der Waals surface area contributed by atoms with Crippen LogP contribution in [0.25, 0.3) is 0 Å². The van der Waals surface area contributed by atoms with Crippen LogP contribution in [0.1, 0.15) is 46.5 Å². The maximum atomic E-state index is 11.5. The van der Waals surface area contributed by atoms with Gasteiger partial charge in [0.25, 0.3) is 0 Å². The molecule has 1 heteroatoms. The fourth-order valence-electron chi connectivity index (χ4n) is 3.02. The lowest BCUT2D eigenvalue weighted by Crippen LogP contribution is -2.28. The van der Waals surface area contributed by atoms with Gasteiger partial charge in [-0.3, -0.25) is 4.79 Å². The van der Waals surface area contributed by atoms with E-state index in [9.17, 15) is 4.79 Å². The summed E-state index contributed by atoms with van der Waals surface area (Å²) in [7, 11) is 0. The molecule has 0 amide bonds. The van der Waals surface area contributed by atoms with E-state index in [1.807, 2.05) is 0 Å². The first kappa shape index (κ1) is 9.23. The van der Waals surface area contributed by atoms with Crippen molar-refractivity contribution in [2.45, 2.75) is 46.5 Å². The van der Waals surface area contributed by atoms with Gasteiger partial charge in [0.2, 0.25) is 0 Å². The van der Waals surface area contributed by atoms with E-state index >= 15 is 0 Å². The van der Waals surface area contributed by atoms with Crippen molar-refractivity contribution in [3.8, 4) is 0 Å². The summed E-state index contributed by atoms with van der Waals surface area (Å²) in [6.07, 6.45) is 4.55. The second kappa shape index (κ2) is 2.83. The molecule has 74 valence electrons. The maximum absolute atomic E-state index is 11.5. The summed E-state index contributed by atoms with van der Waals surface area (Å²) in [4.78, 5) is 11.5. The van der Waals surface area contributed by atoms with E-state index in [0.717, 1.165) is 18.3 Å². The maximum Gasteiger partial charge on any atom is 0.136 e. The van der Waals surface area contributed by atoms with Gasteiger partial charge in [0.1, 0.15) is 5.78 Å². The Hall–Kier alpha value is -0.330. The molecule has 0 aliphatic heterocycles. The highest BCUT2D eigenvalue weighted by atomic mass is 16.1. The Labute approximate surface area is 80.9 Å². The van der Waals surface area contributed by atoms with Gasteiger partial charge in [-0.05, 0) is 36.5 Å². The van der Waals surface area contributed by atoms with Gasteiger partial charge in [0.15, 0.2) is 0 Å². The molecule has 0 aromatic rings. The average molecular weight is 180 g/mol. The van der Waals surface area contributed by atoms with E-state index in [0.29, 0.717) is 17.1 Å². The molecule has 0 aromatic carbocycles. The van der Waals surface area contributed by atoms with Gasteiger partial charge in [0.05, 0.1) is 0 Å². The van der Waals surface area contributed by atoms with Crippen LogP contribution in [0.15, 0.2) is 0 Å². The minimum Gasteiger partial charge on any atom is -0.299 e. The molecule has 2 fully saturated rings. The highest BCUT2D eigenvalue weighted by molar-refractivity contribution is 5.83. The lowest BCUT2D eigenvalue weighted by atomic mass is 9.69. The van der Waals surface area contributed by atoms with Crippen LogP contribution < -0.4 is 0 Å². The number of carbonyl (C=O) groups is 1. The lowest BCUT2D eigenvalue weighted by Gasteiger charge is -2.36. The highest BCUT2D eigenvalue weighted by Gasteiger charge is 2.42. The lowest BCUT2D eigenvalue weighted by molar-refractivity contribution is -0.121. The third-order valence-corrected chi connectivity index (χ3v) is 3.97. The van der Waals surface area contributed by atoms with Crippen LogP contribution in [0.5, 0.6) is 0 Å². The summed E-state index contributed by atoms with van der Waals surface area (Å²) in [5.74, 6) is 2.50. The summed E-state index contributed by atoms with van der Waals surface area (Å²) in [6.45, 7) is 6.94. The molecule has 0 saturated heterocycles. The van der Waals surface area contributed by atoms with Crippen molar-refractivity contribution in [2.75, 3.05) is 0 Å². The second-order valence-electron chi connectivity index (χ2n) is 6.00. The summed E-state index contributed by atoms with van der Waals surface area (Å²) in [6, 6.07) is 0. The molecule has 1 nitrogen and oxygen atoms in total. The van der Waals surface area contributed by atoms with Gasteiger partial charge < -0.3 is 0 Å². The summed E-state index contributed by atoms with van der Waals surface area (Å²) >= 11 is 0. The molecule has 0 unspecified atom stereocenters. The van der Waals surface area contributed by atoms with E-state index in [2.05, 4.69) is 20.8 Å². The highest BCUT2D eigenvalue weighted by Crippen LogP contribution is 2.48. The van der Waals surface area contributed by atoms with Gasteiger partial charge in [-0.1, -0.05) is 20.8 Å². The van der Waals surface area contributed by atoms with Crippen molar-refractivity contribution in [3.63, 3.8) is 0 Å². The van der Waals surface area contributed by atoms with Crippen molar-refractivity contribution in [1.29, 1.82) is 0 Å². The van der Waals surface area contributed by atoms with Crippen molar-refractivity contribution in [2.24, 2.45) is 23.2 Å². The van der Waals surface area contributed by atoms with Crippen LogP contribution in [-0.4, -0.2) is 5.78 Å². The smallest absolute Gasteiger partial charge is 0.136 e. The molecule has 0 heterocycles. The van der Waals surface area contributed by atoms with E-state index in [1.165, 1.54) is 19.3 Å². The molecule has 2 aliphatic carbocycles. The number of fused-ring (bicyclic) bond motifs is 2. The molecule has 13 heavy (non-hydrogen) atoms. The van der Waals surface area contributed by atoms with E-state index < -0.39 is 0 Å². The Morgan fingerprint density at radius 2 is 1.85 bits per heavy atom. The summed E-state index contributed by atoms with van der Waals surface area (Å²) < 4.78 is 0. The topological polar surface area (TPSA) is 17.1 Å². The molecule has 0 aromatic heterocycles. The fourth-order valence-corrected chi connectivity index (χ4v) is 3.02. The minimum absolute atomic E-state index is 0.404. The van der Waals surface area contributed by atoms with Crippen LogP contribution in [0.3, 0.4) is 0 Å². The number of rotatable bonds is 0. The fraction of sp³-hybridized carbons (Fsp3) is 0.917. The van der Waals surface area contributed by atoms with Crippen molar-refractivity contribution in [3.05, 3.63) is 0 Å². The molecule has 2 bridgehead atoms. The molecule has 0 radical (unpaired) electrons. The number of hydrogen-bond donors (Lipinski definition) is 0. The van der Waals surface area contributed by atoms with Crippen LogP contribution in [0, 0.1) is 23.2 Å². The Morgan fingerprint density at radius 3 is 2.38 bits per heavy atom. The van der Waals surface area contributed by atoms with E-state index in [4.69, 9.17) is 0 Å². The van der Waals surface area contributed by atoms with Crippen molar-refractivity contribution < 1.29 is 4.79 Å². The number of hydrogen-bond acceptors (Lipinski definition) is 1. The first-order valence-electron chi connectivity index (χ1n) is 5.49. The number of Topliss-reactive ketones (excluding diaryl/α,β-unsaturated/α-hetero) is 1. The first-order chi connectivity index (χ1) is 5.97. The zero-order valence-corrected chi connectivity index (χ0v) is 8.97. The summed E-state index contributed by atoms with van der Waals surface area (Å²) in [5, 5.41) is 0. The van der Waals surface area contributed by atoms with Gasteiger partial charge in [0, 0.05) is 12.3 Å². The molecule has 2 saturated carbocycles. The zero-order chi connectivity index (χ0) is 9.64. The Balaban J connectivity index is 2.10. The summed E-state index contributed by atoms with van der Waals surface area (Å²) in [5.41, 5.74) is 0.404. The quantitative estimate of drug-likeness (QED) is 0.560. The number of ketones is 1. The van der Waals surface area contributed by atoms with Crippen molar-refractivity contribution >= 4 is 5.78 Å². The van der Waals surface area contributed by atoms with Crippen molar-refractivity contribution in [1.82, 2.24) is 0 Å². The molecular weight excluding hydrogens is 160 g/mol. The monoisotopic (exact) mass is 180 g/mol.